The molecule has 0 spiro atoms. The molecule has 0 fully saturated rings. The third-order valence-electron chi connectivity index (χ3n) is 2.22. The smallest absolute Gasteiger partial charge is 0.199 e. The molecule has 1 atom stereocenters. The van der Waals surface area contributed by atoms with Crippen molar-refractivity contribution in [2.24, 2.45) is 0 Å². The highest BCUT2D eigenvalue weighted by Crippen LogP contribution is 2.41. The van der Waals surface area contributed by atoms with E-state index in [1.807, 2.05) is 44.4 Å². The van der Waals surface area contributed by atoms with Crippen LogP contribution in [-0.4, -0.2) is 19.0 Å². The summed E-state index contributed by atoms with van der Waals surface area (Å²) >= 11 is 1.22. The first kappa shape index (κ1) is 10.4. The number of thioether (sulfide) groups is 1. The monoisotopic (exact) mass is 224 g/mol. The number of benzene rings is 1. The van der Waals surface area contributed by atoms with Crippen molar-refractivity contribution in [1.82, 2.24) is 10.2 Å². The van der Waals surface area contributed by atoms with Crippen molar-refractivity contribution >= 4 is 11.8 Å². The molecule has 0 aliphatic carbocycles. The summed E-state index contributed by atoms with van der Waals surface area (Å²) in [5, 5.41) is 2.99. The largest absolute Gasteiger partial charge is 0.362 e. The van der Waals surface area contributed by atoms with E-state index in [1.165, 1.54) is 11.8 Å². The SMILES string of the molecule is CN(C)C1=C(F)SC(c2ccccc2)N1. The van der Waals surface area contributed by atoms with Crippen molar-refractivity contribution < 1.29 is 4.39 Å². The van der Waals surface area contributed by atoms with E-state index < -0.39 is 0 Å². The maximum atomic E-state index is 13.5. The molecule has 1 N–H and O–H groups in total. The molecule has 0 bridgehead atoms. The van der Waals surface area contributed by atoms with Gasteiger partial charge in [0.2, 0.25) is 0 Å². The number of nitrogens with one attached hydrogen (secondary N) is 1. The molecule has 4 heteroatoms. The van der Waals surface area contributed by atoms with E-state index in [4.69, 9.17) is 0 Å². The molecule has 0 saturated heterocycles. The fraction of sp³-hybridized carbons (Fsp3) is 0.273. The van der Waals surface area contributed by atoms with E-state index in [2.05, 4.69) is 5.32 Å². The van der Waals surface area contributed by atoms with Gasteiger partial charge >= 0.3 is 0 Å². The lowest BCUT2D eigenvalue weighted by molar-refractivity contribution is 0.444. The second-order valence-corrected chi connectivity index (χ2v) is 4.64. The van der Waals surface area contributed by atoms with Gasteiger partial charge in [-0.2, -0.15) is 4.39 Å². The average Bonchev–Trinajstić information content (AvgIpc) is 2.62. The highest BCUT2D eigenvalue weighted by Gasteiger charge is 2.26. The molecule has 1 aromatic carbocycles. The minimum atomic E-state index is -0.145. The molecule has 1 unspecified atom stereocenters. The van der Waals surface area contributed by atoms with Crippen molar-refractivity contribution in [3.63, 3.8) is 0 Å². The fourth-order valence-corrected chi connectivity index (χ4v) is 2.48. The van der Waals surface area contributed by atoms with Crippen molar-refractivity contribution in [3.8, 4) is 0 Å². The van der Waals surface area contributed by atoms with Crippen molar-refractivity contribution in [1.29, 1.82) is 0 Å². The van der Waals surface area contributed by atoms with Gasteiger partial charge in [-0.3, -0.25) is 0 Å². The zero-order valence-electron chi connectivity index (χ0n) is 8.70. The topological polar surface area (TPSA) is 15.3 Å². The summed E-state index contributed by atoms with van der Waals surface area (Å²) < 4.78 is 13.5. The number of nitrogens with zero attached hydrogens (tertiary/aromatic N) is 1. The summed E-state index contributed by atoms with van der Waals surface area (Å²) in [5.74, 6) is 0.564. The number of rotatable bonds is 2. The van der Waals surface area contributed by atoms with Crippen LogP contribution < -0.4 is 5.32 Å². The first-order valence-corrected chi connectivity index (χ1v) is 5.61. The third-order valence-corrected chi connectivity index (χ3v) is 3.25. The Bertz CT molecular complexity index is 375. The molecule has 1 heterocycles. The predicted molar refractivity (Wildman–Crippen MR) is 61.7 cm³/mol. The van der Waals surface area contributed by atoms with Gasteiger partial charge in [0.05, 0.1) is 0 Å². The Kier molecular flexibility index (Phi) is 2.86. The van der Waals surface area contributed by atoms with Crippen LogP contribution in [0.2, 0.25) is 0 Å². The minimum Gasteiger partial charge on any atom is -0.362 e. The van der Waals surface area contributed by atoms with Gasteiger partial charge in [0.25, 0.3) is 0 Å². The van der Waals surface area contributed by atoms with E-state index in [0.29, 0.717) is 5.82 Å². The van der Waals surface area contributed by atoms with Gasteiger partial charge in [-0.15, -0.1) is 0 Å². The Balaban J connectivity index is 2.14. The molecule has 2 nitrogen and oxygen atoms in total. The minimum absolute atomic E-state index is 0.0106. The molecule has 0 aromatic heterocycles. The van der Waals surface area contributed by atoms with Crippen LogP contribution in [0.25, 0.3) is 0 Å². The van der Waals surface area contributed by atoms with Crippen LogP contribution >= 0.6 is 11.8 Å². The van der Waals surface area contributed by atoms with Crippen LogP contribution in [0.3, 0.4) is 0 Å². The van der Waals surface area contributed by atoms with Crippen molar-refractivity contribution in [3.05, 3.63) is 46.9 Å². The Morgan fingerprint density at radius 3 is 2.47 bits per heavy atom. The molecule has 0 saturated carbocycles. The molecule has 1 aliphatic heterocycles. The van der Waals surface area contributed by atoms with Crippen LogP contribution in [0.4, 0.5) is 4.39 Å². The van der Waals surface area contributed by atoms with Crippen molar-refractivity contribution in [2.75, 3.05) is 14.1 Å². The van der Waals surface area contributed by atoms with Gasteiger partial charge < -0.3 is 10.2 Å². The Hall–Kier alpha value is -1.16. The summed E-state index contributed by atoms with van der Waals surface area (Å²) in [6.07, 6.45) is 0. The van der Waals surface area contributed by atoms with Crippen LogP contribution in [0, 0.1) is 0 Å². The number of hydrogen-bond acceptors (Lipinski definition) is 3. The summed E-state index contributed by atoms with van der Waals surface area (Å²) in [6.45, 7) is 0. The van der Waals surface area contributed by atoms with Gasteiger partial charge in [-0.25, -0.2) is 0 Å². The van der Waals surface area contributed by atoms with Crippen LogP contribution in [0.1, 0.15) is 10.9 Å². The second-order valence-electron chi connectivity index (χ2n) is 3.57. The standard InChI is InChI=1S/C11H13FN2S/c1-14(2)10-9(12)15-11(13-10)8-6-4-3-5-7-8/h3-7,11,13H,1-2H3. The highest BCUT2D eigenvalue weighted by molar-refractivity contribution is 8.03. The summed E-state index contributed by atoms with van der Waals surface area (Å²) in [7, 11) is 3.66. The lowest BCUT2D eigenvalue weighted by Gasteiger charge is -2.17. The fourth-order valence-electron chi connectivity index (χ4n) is 1.45. The lowest BCUT2D eigenvalue weighted by atomic mass is 10.2. The summed E-state index contributed by atoms with van der Waals surface area (Å²) in [4.78, 5) is 1.76. The summed E-state index contributed by atoms with van der Waals surface area (Å²) in [6, 6.07) is 9.87. The highest BCUT2D eigenvalue weighted by atomic mass is 32.2. The quantitative estimate of drug-likeness (QED) is 0.831. The van der Waals surface area contributed by atoms with Gasteiger partial charge in [-0.1, -0.05) is 42.1 Å². The van der Waals surface area contributed by atoms with E-state index in [-0.39, 0.29) is 10.5 Å². The van der Waals surface area contributed by atoms with E-state index in [0.717, 1.165) is 5.56 Å². The second kappa shape index (κ2) is 4.14. The molecule has 1 aromatic rings. The third kappa shape index (κ3) is 2.09. The van der Waals surface area contributed by atoms with Crippen molar-refractivity contribution in [2.45, 2.75) is 5.37 Å². The molecule has 0 amide bonds. The van der Waals surface area contributed by atoms with Gasteiger partial charge in [0.1, 0.15) is 11.2 Å². The zero-order chi connectivity index (χ0) is 10.8. The maximum Gasteiger partial charge on any atom is 0.199 e. The molecule has 1 aliphatic rings. The molecule has 15 heavy (non-hydrogen) atoms. The van der Waals surface area contributed by atoms with Crippen LogP contribution in [0.5, 0.6) is 0 Å². The van der Waals surface area contributed by atoms with Crippen LogP contribution in [0.15, 0.2) is 41.3 Å². The normalized spacial score (nSPS) is 20.3. The molecule has 0 radical (unpaired) electrons. The Morgan fingerprint density at radius 2 is 1.93 bits per heavy atom. The van der Waals surface area contributed by atoms with E-state index >= 15 is 0 Å². The lowest BCUT2D eigenvalue weighted by Crippen LogP contribution is -2.24. The number of halogens is 1. The first-order chi connectivity index (χ1) is 7.18. The van der Waals surface area contributed by atoms with E-state index in [1.54, 1.807) is 4.90 Å². The van der Waals surface area contributed by atoms with Gasteiger partial charge in [0, 0.05) is 14.1 Å². The Morgan fingerprint density at radius 1 is 1.27 bits per heavy atom. The maximum absolute atomic E-state index is 13.5. The Labute approximate surface area is 93.2 Å². The van der Waals surface area contributed by atoms with Crippen LogP contribution in [-0.2, 0) is 0 Å². The first-order valence-electron chi connectivity index (χ1n) is 4.73. The molecule has 2 rings (SSSR count). The van der Waals surface area contributed by atoms with Gasteiger partial charge in [0.15, 0.2) is 5.16 Å². The van der Waals surface area contributed by atoms with E-state index in [9.17, 15) is 4.39 Å². The summed E-state index contributed by atoms with van der Waals surface area (Å²) in [5.41, 5.74) is 1.09. The van der Waals surface area contributed by atoms with Gasteiger partial charge in [-0.05, 0) is 5.56 Å². The predicted octanol–water partition coefficient (Wildman–Crippen LogP) is 2.68. The zero-order valence-corrected chi connectivity index (χ0v) is 9.51. The molecular formula is C11H13FN2S. The number of hydrogen-bond donors (Lipinski definition) is 1. The molecular weight excluding hydrogens is 211 g/mol. The molecule has 80 valence electrons. The average molecular weight is 224 g/mol.